The van der Waals surface area contributed by atoms with Crippen molar-refractivity contribution in [2.45, 2.75) is 0 Å². The van der Waals surface area contributed by atoms with Crippen LogP contribution in [-0.4, -0.2) is 9.97 Å². The molecule has 0 fully saturated rings. The lowest BCUT2D eigenvalue weighted by Crippen LogP contribution is -1.92. The van der Waals surface area contributed by atoms with E-state index in [2.05, 4.69) is 49.4 Å². The molecule has 0 bridgehead atoms. The zero-order valence-electron chi connectivity index (χ0n) is 10.9. The van der Waals surface area contributed by atoms with Gasteiger partial charge in [-0.2, -0.15) is 0 Å². The average molecular weight is 356 g/mol. The van der Waals surface area contributed by atoms with Gasteiger partial charge in [0.05, 0.1) is 21.4 Å². The maximum atomic E-state index is 4.60. The monoisotopic (exact) mass is 355 g/mol. The summed E-state index contributed by atoms with van der Waals surface area (Å²) in [6.45, 7) is 0. The summed E-state index contributed by atoms with van der Waals surface area (Å²) in [5.41, 5.74) is 2.93. The number of aromatic nitrogens is 2. The summed E-state index contributed by atoms with van der Waals surface area (Å²) in [5.74, 6) is 0. The lowest BCUT2D eigenvalue weighted by atomic mass is 10.2. The molecule has 2 aromatic heterocycles. The van der Waals surface area contributed by atoms with Crippen molar-refractivity contribution < 1.29 is 0 Å². The highest BCUT2D eigenvalue weighted by atomic mass is 79.9. The van der Waals surface area contributed by atoms with Crippen molar-refractivity contribution in [1.29, 1.82) is 0 Å². The molecule has 0 aliphatic heterocycles. The normalized spacial score (nSPS) is 11.1. The Labute approximate surface area is 133 Å². The maximum Gasteiger partial charge on any atom is 0.188 e. The molecule has 0 aliphatic rings. The summed E-state index contributed by atoms with van der Waals surface area (Å²) in [5, 5.41) is 5.36. The minimum absolute atomic E-state index is 0.883. The highest BCUT2D eigenvalue weighted by Gasteiger charge is 2.07. The minimum Gasteiger partial charge on any atom is -0.330 e. The molecule has 5 heteroatoms. The molecule has 4 aromatic rings. The molecule has 0 amide bonds. The third kappa shape index (κ3) is 2.39. The number of hydrogen-bond acceptors (Lipinski definition) is 4. The summed E-state index contributed by atoms with van der Waals surface area (Å²) in [7, 11) is 0. The number of nitrogens with one attached hydrogen (secondary N) is 1. The van der Waals surface area contributed by atoms with Crippen molar-refractivity contribution >= 4 is 59.2 Å². The van der Waals surface area contributed by atoms with E-state index in [4.69, 9.17) is 0 Å². The standard InChI is InChI=1S/C16H10BrN3S/c17-11-8-10-4-3-6-13(15(10)18-9-11)20-16-19-12-5-1-2-7-14(12)21-16/h1-9H,(H,19,20). The fraction of sp³-hybridized carbons (Fsp3) is 0. The highest BCUT2D eigenvalue weighted by Crippen LogP contribution is 2.31. The first kappa shape index (κ1) is 12.7. The van der Waals surface area contributed by atoms with Gasteiger partial charge in [-0.05, 0) is 40.2 Å². The Bertz CT molecular complexity index is 915. The summed E-state index contributed by atoms with van der Waals surface area (Å²) < 4.78 is 2.16. The quantitative estimate of drug-likeness (QED) is 0.526. The zero-order chi connectivity index (χ0) is 14.2. The number of pyridine rings is 1. The zero-order valence-corrected chi connectivity index (χ0v) is 13.3. The second-order valence-corrected chi connectivity index (χ2v) is 6.59. The molecule has 0 saturated carbocycles. The van der Waals surface area contributed by atoms with Gasteiger partial charge in [-0.1, -0.05) is 35.6 Å². The predicted octanol–water partition coefficient (Wildman–Crippen LogP) is 5.35. The number of thiazole rings is 1. The Morgan fingerprint density at radius 2 is 1.95 bits per heavy atom. The van der Waals surface area contributed by atoms with Gasteiger partial charge in [0.1, 0.15) is 0 Å². The predicted molar refractivity (Wildman–Crippen MR) is 92.3 cm³/mol. The number of rotatable bonds is 2. The SMILES string of the molecule is Brc1cnc2c(Nc3nc4ccccc4s3)cccc2c1. The van der Waals surface area contributed by atoms with E-state index >= 15 is 0 Å². The summed E-state index contributed by atoms with van der Waals surface area (Å²) in [6, 6.07) is 16.3. The van der Waals surface area contributed by atoms with Crippen LogP contribution in [0.4, 0.5) is 10.8 Å². The minimum atomic E-state index is 0.883. The first-order chi connectivity index (χ1) is 10.3. The first-order valence-corrected chi connectivity index (χ1v) is 8.07. The molecule has 102 valence electrons. The van der Waals surface area contributed by atoms with Crippen LogP contribution < -0.4 is 5.32 Å². The second kappa shape index (κ2) is 5.09. The number of para-hydroxylation sites is 2. The Morgan fingerprint density at radius 1 is 1.05 bits per heavy atom. The molecule has 2 heterocycles. The fourth-order valence-corrected chi connectivity index (χ4v) is 3.50. The van der Waals surface area contributed by atoms with Crippen LogP contribution in [0.2, 0.25) is 0 Å². The topological polar surface area (TPSA) is 37.8 Å². The van der Waals surface area contributed by atoms with Gasteiger partial charge in [-0.15, -0.1) is 0 Å². The number of nitrogens with zero attached hydrogens (tertiary/aromatic N) is 2. The van der Waals surface area contributed by atoms with Crippen LogP contribution in [0.1, 0.15) is 0 Å². The molecule has 0 unspecified atom stereocenters. The summed E-state index contributed by atoms with van der Waals surface area (Å²) >= 11 is 5.10. The Morgan fingerprint density at radius 3 is 2.86 bits per heavy atom. The number of fused-ring (bicyclic) bond motifs is 2. The van der Waals surface area contributed by atoms with E-state index in [-0.39, 0.29) is 0 Å². The van der Waals surface area contributed by atoms with Crippen LogP contribution in [0.15, 0.2) is 59.2 Å². The molecular weight excluding hydrogens is 346 g/mol. The van der Waals surface area contributed by atoms with Crippen LogP contribution in [-0.2, 0) is 0 Å². The Kier molecular flexibility index (Phi) is 3.09. The van der Waals surface area contributed by atoms with E-state index in [1.165, 1.54) is 4.70 Å². The van der Waals surface area contributed by atoms with E-state index in [9.17, 15) is 0 Å². The Hall–Kier alpha value is -1.98. The van der Waals surface area contributed by atoms with Gasteiger partial charge < -0.3 is 5.32 Å². The van der Waals surface area contributed by atoms with Gasteiger partial charge in [0, 0.05) is 16.1 Å². The van der Waals surface area contributed by atoms with Crippen molar-refractivity contribution in [2.75, 3.05) is 5.32 Å². The Balaban J connectivity index is 1.80. The lowest BCUT2D eigenvalue weighted by Gasteiger charge is -2.06. The second-order valence-electron chi connectivity index (χ2n) is 4.64. The van der Waals surface area contributed by atoms with Gasteiger partial charge in [0.2, 0.25) is 0 Å². The molecule has 3 nitrogen and oxygen atoms in total. The maximum absolute atomic E-state index is 4.60. The van der Waals surface area contributed by atoms with Crippen molar-refractivity contribution in [3.8, 4) is 0 Å². The van der Waals surface area contributed by atoms with Crippen LogP contribution in [0.25, 0.3) is 21.1 Å². The third-order valence-electron chi connectivity index (χ3n) is 3.21. The summed E-state index contributed by atoms with van der Waals surface area (Å²) in [6.07, 6.45) is 1.81. The lowest BCUT2D eigenvalue weighted by molar-refractivity contribution is 1.37. The van der Waals surface area contributed by atoms with Crippen molar-refractivity contribution in [3.63, 3.8) is 0 Å². The number of anilines is 2. The molecule has 21 heavy (non-hydrogen) atoms. The smallest absolute Gasteiger partial charge is 0.188 e. The molecule has 2 aromatic carbocycles. The molecule has 4 rings (SSSR count). The van der Waals surface area contributed by atoms with Gasteiger partial charge in [0.25, 0.3) is 0 Å². The summed E-state index contributed by atoms with van der Waals surface area (Å²) in [4.78, 5) is 9.10. The van der Waals surface area contributed by atoms with Crippen molar-refractivity contribution in [3.05, 3.63) is 59.2 Å². The van der Waals surface area contributed by atoms with Crippen LogP contribution in [0, 0.1) is 0 Å². The fourth-order valence-electron chi connectivity index (χ4n) is 2.28. The number of halogens is 1. The van der Waals surface area contributed by atoms with Crippen LogP contribution in [0.5, 0.6) is 0 Å². The number of hydrogen-bond donors (Lipinski definition) is 1. The van der Waals surface area contributed by atoms with E-state index in [1.807, 2.05) is 36.5 Å². The molecule has 0 spiro atoms. The van der Waals surface area contributed by atoms with Crippen LogP contribution in [0.3, 0.4) is 0 Å². The molecule has 0 saturated heterocycles. The largest absolute Gasteiger partial charge is 0.330 e. The van der Waals surface area contributed by atoms with Crippen molar-refractivity contribution in [2.24, 2.45) is 0 Å². The average Bonchev–Trinajstić information content (AvgIpc) is 2.89. The third-order valence-corrected chi connectivity index (χ3v) is 4.60. The van der Waals surface area contributed by atoms with E-state index in [0.29, 0.717) is 0 Å². The first-order valence-electron chi connectivity index (χ1n) is 6.46. The van der Waals surface area contributed by atoms with E-state index < -0.39 is 0 Å². The van der Waals surface area contributed by atoms with E-state index in [0.717, 1.165) is 31.7 Å². The van der Waals surface area contributed by atoms with E-state index in [1.54, 1.807) is 11.3 Å². The van der Waals surface area contributed by atoms with Crippen molar-refractivity contribution in [1.82, 2.24) is 9.97 Å². The van der Waals surface area contributed by atoms with Crippen LogP contribution >= 0.6 is 27.3 Å². The van der Waals surface area contributed by atoms with Gasteiger partial charge >= 0.3 is 0 Å². The van der Waals surface area contributed by atoms with Gasteiger partial charge in [-0.3, -0.25) is 4.98 Å². The van der Waals surface area contributed by atoms with Gasteiger partial charge in [-0.25, -0.2) is 4.98 Å². The molecule has 1 N–H and O–H groups in total. The molecule has 0 aliphatic carbocycles. The molecule has 0 radical (unpaired) electrons. The molecule has 0 atom stereocenters. The number of benzene rings is 2. The highest BCUT2D eigenvalue weighted by molar-refractivity contribution is 9.10. The van der Waals surface area contributed by atoms with Gasteiger partial charge in [0.15, 0.2) is 5.13 Å². The molecular formula is C16H10BrN3S.